The second-order valence-electron chi connectivity index (χ2n) is 13.8. The number of thiocarbonyl (C=S) groups is 1. The molecule has 0 saturated carbocycles. The van der Waals surface area contributed by atoms with Crippen LogP contribution in [0.5, 0.6) is 0 Å². The summed E-state index contributed by atoms with van der Waals surface area (Å²) in [4.78, 5) is 41.3. The number of aromatic amines is 1. The molecular weight excluding hydrogens is 659 g/mol. The molecule has 2 fully saturated rings. The van der Waals surface area contributed by atoms with E-state index in [9.17, 15) is 9.59 Å². The van der Waals surface area contributed by atoms with E-state index in [1.807, 2.05) is 0 Å². The van der Waals surface area contributed by atoms with Crippen LogP contribution < -0.4 is 10.9 Å². The Labute approximate surface area is 282 Å². The van der Waals surface area contributed by atoms with Crippen LogP contribution in [0.15, 0.2) is 29.8 Å². The molecule has 2 saturated heterocycles. The average molecular weight is 706 g/mol. The third-order valence-electron chi connectivity index (χ3n) is 9.04. The van der Waals surface area contributed by atoms with Gasteiger partial charge in [-0.1, -0.05) is 69.2 Å². The van der Waals surface area contributed by atoms with Crippen LogP contribution in [0.2, 0.25) is 22.2 Å². The zero-order valence-electron chi connectivity index (χ0n) is 28.7. The first kappa shape index (κ1) is 35.5. The molecule has 1 amide bonds. The Hall–Kier alpha value is -2.81. The molecule has 5 rings (SSSR count). The first-order chi connectivity index (χ1) is 22.1. The quantitative estimate of drug-likeness (QED) is 0.241. The lowest BCUT2D eigenvalue weighted by Crippen LogP contribution is -2.66. The van der Waals surface area contributed by atoms with Gasteiger partial charge in [-0.2, -0.15) is 4.98 Å². The van der Waals surface area contributed by atoms with Crippen molar-refractivity contribution in [2.45, 2.75) is 116 Å². The summed E-state index contributed by atoms with van der Waals surface area (Å²) in [5.74, 6) is -0.615. The number of hydrogen-bond acceptors (Lipinski definition) is 11. The molecule has 3 aromatic heterocycles. The number of imidazole rings is 2. The van der Waals surface area contributed by atoms with Gasteiger partial charge in [-0.25, -0.2) is 9.97 Å². The minimum atomic E-state index is -3.07. The molecule has 17 heteroatoms. The van der Waals surface area contributed by atoms with Crippen molar-refractivity contribution in [1.82, 2.24) is 29.1 Å². The van der Waals surface area contributed by atoms with E-state index in [2.05, 4.69) is 80.6 Å². The van der Waals surface area contributed by atoms with Crippen molar-refractivity contribution in [2.24, 2.45) is 5.92 Å². The number of H-pyrrole nitrogens is 1. The Kier molecular flexibility index (Phi) is 10.3. The third-order valence-corrected chi connectivity index (χ3v) is 19.6. The lowest BCUT2D eigenvalue weighted by Gasteiger charge is -2.51. The zero-order chi connectivity index (χ0) is 34.4. The maximum Gasteiger partial charge on any atom is 0.335 e. The van der Waals surface area contributed by atoms with Gasteiger partial charge in [-0.05, 0) is 34.4 Å². The molecule has 47 heavy (non-hydrogen) atoms. The molecule has 2 N–H and O–H groups in total. The number of rotatable bonds is 8. The summed E-state index contributed by atoms with van der Waals surface area (Å²) in [6, 6.07) is 0. The SMILES string of the molecule is CC(C)C(=O)Nc1nc2c(ncn2[C@@H]2O[C@@H]3CO[Si](C(C)C)(C(C)C)O[Si](C(C)C)(C(C)C)OC3C2OC(=S)n2ccnc2)c(=O)[nH]1. The van der Waals surface area contributed by atoms with E-state index in [1.54, 1.807) is 41.7 Å². The van der Waals surface area contributed by atoms with Gasteiger partial charge < -0.3 is 22.4 Å². The van der Waals surface area contributed by atoms with Gasteiger partial charge in [-0.15, -0.1) is 0 Å². The topological polar surface area (TPSA) is 157 Å². The highest BCUT2D eigenvalue weighted by atomic mass is 32.1. The van der Waals surface area contributed by atoms with E-state index in [4.69, 9.17) is 34.7 Å². The number of nitrogens with one attached hydrogen (secondary N) is 2. The number of aromatic nitrogens is 6. The lowest BCUT2D eigenvalue weighted by molar-refractivity contribution is -0.118. The summed E-state index contributed by atoms with van der Waals surface area (Å²) in [5, 5.41) is 2.82. The number of hydrogen-bond donors (Lipinski definition) is 2. The fraction of sp³-hybridized carbons (Fsp3) is 0.667. The van der Waals surface area contributed by atoms with Crippen molar-refractivity contribution in [2.75, 3.05) is 11.9 Å². The second-order valence-corrected chi connectivity index (χ2v) is 23.0. The molecule has 14 nitrogen and oxygen atoms in total. The first-order valence-corrected chi connectivity index (χ1v) is 20.6. The minimum Gasteiger partial charge on any atom is -0.459 e. The molecule has 0 bridgehead atoms. The fourth-order valence-corrected chi connectivity index (χ4v) is 17.9. The first-order valence-electron chi connectivity index (χ1n) is 16.2. The number of carbonyl (C=O) groups excluding carboxylic acids is 1. The number of ether oxygens (including phenoxy) is 2. The zero-order valence-corrected chi connectivity index (χ0v) is 31.5. The van der Waals surface area contributed by atoms with Crippen LogP contribution in [-0.2, 0) is 27.2 Å². The molecule has 2 aliphatic rings. The van der Waals surface area contributed by atoms with E-state index in [1.165, 1.54) is 6.33 Å². The molecular formula is C30H47N7O7SSi2. The maximum atomic E-state index is 13.1. The lowest BCUT2D eigenvalue weighted by atomic mass is 10.1. The molecule has 2 aliphatic heterocycles. The monoisotopic (exact) mass is 705 g/mol. The Balaban J connectivity index is 1.65. The summed E-state index contributed by atoms with van der Waals surface area (Å²) < 4.78 is 38.3. The van der Waals surface area contributed by atoms with Crippen LogP contribution in [-0.4, -0.2) is 82.2 Å². The van der Waals surface area contributed by atoms with E-state index in [0.717, 1.165) is 0 Å². The summed E-state index contributed by atoms with van der Waals surface area (Å²) in [5.41, 5.74) is 0.210. The number of fused-ring (bicyclic) bond motifs is 2. The fourth-order valence-electron chi connectivity index (χ4n) is 6.45. The van der Waals surface area contributed by atoms with Gasteiger partial charge in [0.1, 0.15) is 18.5 Å². The van der Waals surface area contributed by atoms with E-state index in [0.29, 0.717) is 0 Å². The highest BCUT2D eigenvalue weighted by Gasteiger charge is 2.62. The van der Waals surface area contributed by atoms with Gasteiger partial charge in [0.15, 0.2) is 23.5 Å². The van der Waals surface area contributed by atoms with Crippen molar-refractivity contribution < 1.29 is 27.2 Å². The van der Waals surface area contributed by atoms with Gasteiger partial charge in [0.05, 0.1) is 12.9 Å². The van der Waals surface area contributed by atoms with Crippen molar-refractivity contribution in [1.29, 1.82) is 0 Å². The molecule has 3 aromatic rings. The van der Waals surface area contributed by atoms with Crippen molar-refractivity contribution >= 4 is 57.5 Å². The van der Waals surface area contributed by atoms with Gasteiger partial charge in [0.25, 0.3) is 10.7 Å². The predicted molar refractivity (Wildman–Crippen MR) is 184 cm³/mol. The van der Waals surface area contributed by atoms with Crippen LogP contribution in [0.4, 0.5) is 5.95 Å². The van der Waals surface area contributed by atoms with E-state index < -0.39 is 47.2 Å². The molecule has 0 aromatic carbocycles. The van der Waals surface area contributed by atoms with Crippen molar-refractivity contribution in [3.05, 3.63) is 35.4 Å². The molecule has 5 heterocycles. The highest BCUT2D eigenvalue weighted by Crippen LogP contribution is 2.49. The van der Waals surface area contributed by atoms with E-state index >= 15 is 0 Å². The number of nitrogens with zero attached hydrogens (tertiary/aromatic N) is 5. The standard InChI is InChI=1S/C30H47N7O7SSi2/c1-16(2)26(38)34-29-33-25-22(27(39)35-29)32-15-37(25)28-24(42-30(45)36-12-11-31-14-36)23-21(41-28)13-40-46(17(3)4,18(5)6)44-47(43-23,19(7)8)20(9)10/h11-12,14-21,23-24,28H,13H2,1-10H3,(H2,33,34,35,38,39)/t21-,23?,24?,28-/m1/s1. The maximum absolute atomic E-state index is 13.1. The van der Waals surface area contributed by atoms with E-state index in [-0.39, 0.29) is 62.9 Å². The predicted octanol–water partition coefficient (Wildman–Crippen LogP) is 4.98. The smallest absolute Gasteiger partial charge is 0.335 e. The normalized spacial score (nSPS) is 24.2. The van der Waals surface area contributed by atoms with Crippen LogP contribution in [0.25, 0.3) is 11.2 Å². The van der Waals surface area contributed by atoms with Crippen LogP contribution in [0.1, 0.15) is 75.5 Å². The Morgan fingerprint density at radius 2 is 1.70 bits per heavy atom. The Bertz CT molecular complexity index is 1630. The van der Waals surface area contributed by atoms with Gasteiger partial charge in [-0.3, -0.25) is 29.0 Å². The third kappa shape index (κ3) is 6.50. The van der Waals surface area contributed by atoms with Crippen molar-refractivity contribution in [3.63, 3.8) is 0 Å². The number of amides is 1. The molecule has 0 aliphatic carbocycles. The van der Waals surface area contributed by atoms with Crippen molar-refractivity contribution in [3.8, 4) is 0 Å². The Morgan fingerprint density at radius 1 is 1.04 bits per heavy atom. The summed E-state index contributed by atoms with van der Waals surface area (Å²) in [6.45, 7) is 20.9. The van der Waals surface area contributed by atoms with Gasteiger partial charge >= 0.3 is 17.1 Å². The molecule has 4 atom stereocenters. The molecule has 258 valence electrons. The van der Waals surface area contributed by atoms with Crippen LogP contribution in [0, 0.1) is 5.92 Å². The molecule has 2 unspecified atom stereocenters. The highest BCUT2D eigenvalue weighted by molar-refractivity contribution is 7.80. The second kappa shape index (κ2) is 13.6. The largest absolute Gasteiger partial charge is 0.459 e. The molecule has 0 spiro atoms. The van der Waals surface area contributed by atoms with Gasteiger partial charge in [0, 0.05) is 18.3 Å². The van der Waals surface area contributed by atoms with Crippen LogP contribution in [0.3, 0.4) is 0 Å². The summed E-state index contributed by atoms with van der Waals surface area (Å²) in [6.07, 6.45) is 3.39. The molecule has 0 radical (unpaired) electrons. The average Bonchev–Trinajstić information content (AvgIpc) is 3.73. The number of anilines is 1. The summed E-state index contributed by atoms with van der Waals surface area (Å²) >= 11 is 5.72. The van der Waals surface area contributed by atoms with Crippen LogP contribution >= 0.6 is 12.2 Å². The van der Waals surface area contributed by atoms with Gasteiger partial charge in [0.2, 0.25) is 11.9 Å². The number of carbonyl (C=O) groups is 1. The minimum absolute atomic E-state index is 0.00189. The summed E-state index contributed by atoms with van der Waals surface area (Å²) in [7, 11) is -5.92. The Morgan fingerprint density at radius 3 is 2.28 bits per heavy atom.